The number of benzene rings is 1. The molecule has 0 radical (unpaired) electrons. The topological polar surface area (TPSA) is 89.1 Å². The molecule has 0 aliphatic carbocycles. The van der Waals surface area contributed by atoms with E-state index < -0.39 is 11.7 Å². The van der Waals surface area contributed by atoms with E-state index in [4.69, 9.17) is 9.47 Å². The minimum Gasteiger partial charge on any atom is -0.454 e. The Balaban J connectivity index is 1.62. The minimum absolute atomic E-state index is 0.112. The van der Waals surface area contributed by atoms with Crippen LogP contribution in [0.3, 0.4) is 0 Å². The van der Waals surface area contributed by atoms with Crippen LogP contribution in [-0.4, -0.2) is 27.9 Å². The summed E-state index contributed by atoms with van der Waals surface area (Å²) in [6, 6.07) is 6.52. The second-order valence-corrected chi connectivity index (χ2v) is 5.07. The molecular formula is C16H11FN4O3. The zero-order chi connectivity index (χ0) is 16.5. The van der Waals surface area contributed by atoms with Crippen LogP contribution in [0.1, 0.15) is 10.4 Å². The van der Waals surface area contributed by atoms with E-state index in [-0.39, 0.29) is 12.4 Å². The molecule has 0 bridgehead atoms. The van der Waals surface area contributed by atoms with Crippen molar-refractivity contribution < 1.29 is 18.7 Å². The summed E-state index contributed by atoms with van der Waals surface area (Å²) in [7, 11) is 0. The van der Waals surface area contributed by atoms with Gasteiger partial charge in [0.05, 0.1) is 18.0 Å². The number of aromatic amines is 1. The molecule has 0 fully saturated rings. The summed E-state index contributed by atoms with van der Waals surface area (Å²) in [5.74, 6) is 0.610. The maximum absolute atomic E-state index is 13.2. The Hall–Kier alpha value is -3.42. The van der Waals surface area contributed by atoms with E-state index in [9.17, 15) is 9.18 Å². The monoisotopic (exact) mass is 326 g/mol. The highest BCUT2D eigenvalue weighted by atomic mass is 19.1. The van der Waals surface area contributed by atoms with Crippen molar-refractivity contribution in [3.8, 4) is 22.6 Å². The second-order valence-electron chi connectivity index (χ2n) is 5.07. The Morgan fingerprint density at radius 3 is 2.92 bits per heavy atom. The molecule has 0 saturated carbocycles. The number of nitrogens with zero attached hydrogens (tertiary/aromatic N) is 2. The Kier molecular flexibility index (Phi) is 3.34. The molecule has 0 saturated heterocycles. The second kappa shape index (κ2) is 5.65. The first-order chi connectivity index (χ1) is 11.7. The predicted molar refractivity (Wildman–Crippen MR) is 82.3 cm³/mol. The van der Waals surface area contributed by atoms with Gasteiger partial charge in [-0.1, -0.05) is 6.07 Å². The standard InChI is InChI=1S/C16H11FN4O3/c17-11-3-10(5-18-6-11)16(22)20-15-12(7-19-21-15)9-1-2-13-14(4-9)24-8-23-13/h1-7H,8H2,(H2,19,20,21,22). The maximum atomic E-state index is 13.2. The SMILES string of the molecule is O=C(Nc1[nH]ncc1-c1ccc2c(c1)OCO2)c1cncc(F)c1. The van der Waals surface area contributed by atoms with Crippen LogP contribution in [0.4, 0.5) is 10.2 Å². The number of aromatic nitrogens is 3. The molecule has 120 valence electrons. The first-order valence-electron chi connectivity index (χ1n) is 7.06. The van der Waals surface area contributed by atoms with Crippen LogP contribution < -0.4 is 14.8 Å². The number of rotatable bonds is 3. The average molecular weight is 326 g/mol. The van der Waals surface area contributed by atoms with E-state index >= 15 is 0 Å². The summed E-state index contributed by atoms with van der Waals surface area (Å²) in [6.07, 6.45) is 3.90. The van der Waals surface area contributed by atoms with E-state index in [1.807, 2.05) is 6.07 Å². The van der Waals surface area contributed by atoms with Gasteiger partial charge in [-0.15, -0.1) is 0 Å². The van der Waals surface area contributed by atoms with Crippen molar-refractivity contribution in [2.75, 3.05) is 12.1 Å². The molecule has 0 atom stereocenters. The number of H-pyrrole nitrogens is 1. The molecule has 0 unspecified atom stereocenters. The van der Waals surface area contributed by atoms with Gasteiger partial charge in [0.1, 0.15) is 11.6 Å². The summed E-state index contributed by atoms with van der Waals surface area (Å²) in [5, 5.41) is 9.34. The number of anilines is 1. The third-order valence-corrected chi connectivity index (χ3v) is 3.53. The van der Waals surface area contributed by atoms with Gasteiger partial charge in [-0.2, -0.15) is 5.10 Å². The Morgan fingerprint density at radius 2 is 2.04 bits per heavy atom. The van der Waals surface area contributed by atoms with E-state index in [1.54, 1.807) is 18.3 Å². The average Bonchev–Trinajstić information content (AvgIpc) is 3.22. The zero-order valence-electron chi connectivity index (χ0n) is 12.2. The normalized spacial score (nSPS) is 12.2. The molecule has 8 heteroatoms. The largest absolute Gasteiger partial charge is 0.454 e. The van der Waals surface area contributed by atoms with Crippen molar-refractivity contribution in [1.29, 1.82) is 0 Å². The summed E-state index contributed by atoms with van der Waals surface area (Å²) >= 11 is 0. The van der Waals surface area contributed by atoms with Gasteiger partial charge in [0.15, 0.2) is 11.5 Å². The minimum atomic E-state index is -0.580. The van der Waals surface area contributed by atoms with Crippen molar-refractivity contribution in [2.24, 2.45) is 0 Å². The first kappa shape index (κ1) is 14.2. The molecule has 1 aliphatic rings. The van der Waals surface area contributed by atoms with Gasteiger partial charge in [0.25, 0.3) is 5.91 Å². The van der Waals surface area contributed by atoms with E-state index in [0.717, 1.165) is 17.8 Å². The first-order valence-corrected chi connectivity index (χ1v) is 7.06. The van der Waals surface area contributed by atoms with Crippen LogP contribution in [0.25, 0.3) is 11.1 Å². The summed E-state index contributed by atoms with van der Waals surface area (Å²) in [6.45, 7) is 0.181. The fourth-order valence-corrected chi connectivity index (χ4v) is 2.39. The smallest absolute Gasteiger partial charge is 0.258 e. The van der Waals surface area contributed by atoms with E-state index in [1.165, 1.54) is 6.20 Å². The Bertz CT molecular complexity index is 925. The van der Waals surface area contributed by atoms with E-state index in [0.29, 0.717) is 22.9 Å². The summed E-state index contributed by atoms with van der Waals surface area (Å²) < 4.78 is 23.8. The predicted octanol–water partition coefficient (Wildman–Crippen LogP) is 2.59. The molecule has 2 aromatic heterocycles. The highest BCUT2D eigenvalue weighted by molar-refractivity contribution is 6.05. The van der Waals surface area contributed by atoms with Crippen LogP contribution in [-0.2, 0) is 0 Å². The molecule has 7 nitrogen and oxygen atoms in total. The molecule has 1 aromatic carbocycles. The lowest BCUT2D eigenvalue weighted by molar-refractivity contribution is 0.102. The molecule has 1 amide bonds. The van der Waals surface area contributed by atoms with Crippen molar-refractivity contribution in [1.82, 2.24) is 15.2 Å². The molecule has 3 heterocycles. The fourth-order valence-electron chi connectivity index (χ4n) is 2.39. The molecule has 1 aliphatic heterocycles. The summed E-state index contributed by atoms with van der Waals surface area (Å²) in [5.41, 5.74) is 1.58. The highest BCUT2D eigenvalue weighted by Crippen LogP contribution is 2.37. The molecule has 0 spiro atoms. The number of nitrogens with one attached hydrogen (secondary N) is 2. The summed E-state index contributed by atoms with van der Waals surface area (Å²) in [4.78, 5) is 15.9. The van der Waals surface area contributed by atoms with Crippen LogP contribution in [0, 0.1) is 5.82 Å². The highest BCUT2D eigenvalue weighted by Gasteiger charge is 2.17. The molecule has 2 N–H and O–H groups in total. The van der Waals surface area contributed by atoms with Gasteiger partial charge in [-0.25, -0.2) is 4.39 Å². The number of carbonyl (C=O) groups is 1. The molecular weight excluding hydrogens is 315 g/mol. The number of fused-ring (bicyclic) bond motifs is 1. The third-order valence-electron chi connectivity index (χ3n) is 3.53. The lowest BCUT2D eigenvalue weighted by Gasteiger charge is -2.07. The fraction of sp³-hybridized carbons (Fsp3) is 0.0625. The van der Waals surface area contributed by atoms with Crippen LogP contribution >= 0.6 is 0 Å². The zero-order valence-corrected chi connectivity index (χ0v) is 12.2. The van der Waals surface area contributed by atoms with Gasteiger partial charge in [0, 0.05) is 11.8 Å². The number of hydrogen-bond acceptors (Lipinski definition) is 5. The van der Waals surface area contributed by atoms with E-state index in [2.05, 4.69) is 20.5 Å². The number of amides is 1. The van der Waals surface area contributed by atoms with Gasteiger partial charge in [-0.3, -0.25) is 14.9 Å². The lowest BCUT2D eigenvalue weighted by atomic mass is 10.1. The Labute approximate surface area is 135 Å². The molecule has 3 aromatic rings. The van der Waals surface area contributed by atoms with Gasteiger partial charge in [-0.05, 0) is 23.8 Å². The van der Waals surface area contributed by atoms with Gasteiger partial charge in [0.2, 0.25) is 6.79 Å². The van der Waals surface area contributed by atoms with Crippen LogP contribution in [0.5, 0.6) is 11.5 Å². The molecule has 24 heavy (non-hydrogen) atoms. The van der Waals surface area contributed by atoms with Gasteiger partial charge >= 0.3 is 0 Å². The number of pyridine rings is 1. The third kappa shape index (κ3) is 2.54. The number of carbonyl (C=O) groups excluding carboxylic acids is 1. The van der Waals surface area contributed by atoms with Crippen molar-refractivity contribution >= 4 is 11.7 Å². The van der Waals surface area contributed by atoms with Crippen molar-refractivity contribution in [3.05, 3.63) is 54.2 Å². The Morgan fingerprint density at radius 1 is 1.17 bits per heavy atom. The van der Waals surface area contributed by atoms with Gasteiger partial charge < -0.3 is 14.8 Å². The number of hydrogen-bond donors (Lipinski definition) is 2. The number of ether oxygens (including phenoxy) is 2. The van der Waals surface area contributed by atoms with Crippen molar-refractivity contribution in [2.45, 2.75) is 0 Å². The van der Waals surface area contributed by atoms with Crippen molar-refractivity contribution in [3.63, 3.8) is 0 Å². The lowest BCUT2D eigenvalue weighted by Crippen LogP contribution is -2.13. The van der Waals surface area contributed by atoms with Crippen LogP contribution in [0.15, 0.2) is 42.9 Å². The molecule has 4 rings (SSSR count). The number of halogens is 1. The maximum Gasteiger partial charge on any atom is 0.258 e. The quantitative estimate of drug-likeness (QED) is 0.772. The van der Waals surface area contributed by atoms with Crippen LogP contribution in [0.2, 0.25) is 0 Å².